The monoisotopic (exact) mass is 298 g/mol. The Bertz CT molecular complexity index is 311. The minimum absolute atomic E-state index is 0.0993. The van der Waals surface area contributed by atoms with Gasteiger partial charge in [-0.1, -0.05) is 0 Å². The van der Waals surface area contributed by atoms with Crippen LogP contribution in [0.15, 0.2) is 0 Å². The van der Waals surface area contributed by atoms with E-state index in [0.29, 0.717) is 6.54 Å². The Kier molecular flexibility index (Phi) is 6.85. The molecule has 6 N–H and O–H groups in total. The molecule has 0 bridgehead atoms. The van der Waals surface area contributed by atoms with Crippen LogP contribution in [0.5, 0.6) is 0 Å². The van der Waals surface area contributed by atoms with Crippen molar-refractivity contribution < 1.29 is 4.79 Å². The molecular formula is C14H30N6O. The average molecular weight is 298 g/mol. The van der Waals surface area contributed by atoms with Gasteiger partial charge < -0.3 is 10.6 Å². The first-order valence-corrected chi connectivity index (χ1v) is 8.13. The number of nitrogens with two attached hydrogens (primary N) is 2. The van der Waals surface area contributed by atoms with Gasteiger partial charge in [-0.05, 0) is 44.6 Å². The molecular weight excluding hydrogens is 268 g/mol. The van der Waals surface area contributed by atoms with Crippen molar-refractivity contribution in [3.63, 3.8) is 0 Å². The van der Waals surface area contributed by atoms with Crippen molar-refractivity contribution in [2.75, 3.05) is 39.3 Å². The van der Waals surface area contributed by atoms with Gasteiger partial charge in [-0.3, -0.25) is 16.5 Å². The van der Waals surface area contributed by atoms with Crippen molar-refractivity contribution in [3.8, 4) is 0 Å². The molecule has 2 fully saturated rings. The number of carbonyl (C=O) groups excluding carboxylic acids is 1. The van der Waals surface area contributed by atoms with Crippen LogP contribution in [-0.2, 0) is 4.79 Å². The average Bonchev–Trinajstić information content (AvgIpc) is 2.48. The Hall–Kier alpha value is -0.730. The van der Waals surface area contributed by atoms with E-state index in [4.69, 9.17) is 11.7 Å². The quantitative estimate of drug-likeness (QED) is 0.371. The second-order valence-electron chi connectivity index (χ2n) is 6.32. The van der Waals surface area contributed by atoms with Crippen LogP contribution in [0.25, 0.3) is 0 Å². The Balaban J connectivity index is 1.49. The summed E-state index contributed by atoms with van der Waals surface area (Å²) in [5, 5.41) is 10.0. The fraction of sp³-hybridized carbons (Fsp3) is 0.929. The summed E-state index contributed by atoms with van der Waals surface area (Å²) in [6, 6.07) is 0.285. The molecule has 0 radical (unpaired) electrons. The first kappa shape index (κ1) is 16.6. The first-order valence-electron chi connectivity index (χ1n) is 8.13. The number of piperidine rings is 2. The summed E-state index contributed by atoms with van der Waals surface area (Å²) in [6.07, 6.45) is 5.36. The highest BCUT2D eigenvalue weighted by Gasteiger charge is 2.19. The SMILES string of the molecule is NN1CCC(CCNCC(=O)NC2CCN(N)CC2)CC1. The molecule has 0 aliphatic carbocycles. The first-order chi connectivity index (χ1) is 10.1. The standard InChI is InChI=1S/C14H30N6O/c15-19-7-2-12(3-8-19)1-6-17-11-14(21)18-13-4-9-20(16)10-5-13/h12-13,17H,1-11,15-16H2,(H,18,21). The lowest BCUT2D eigenvalue weighted by atomic mass is 9.94. The van der Waals surface area contributed by atoms with Crippen molar-refractivity contribution in [2.45, 2.75) is 38.1 Å². The van der Waals surface area contributed by atoms with E-state index in [1.54, 1.807) is 0 Å². The number of carbonyl (C=O) groups is 1. The summed E-state index contributed by atoms with van der Waals surface area (Å²) in [5.41, 5.74) is 0. The molecule has 0 unspecified atom stereocenters. The third-order valence-corrected chi connectivity index (χ3v) is 4.56. The van der Waals surface area contributed by atoms with E-state index in [2.05, 4.69) is 10.6 Å². The van der Waals surface area contributed by atoms with E-state index in [0.717, 1.165) is 57.9 Å². The molecule has 2 aliphatic rings. The molecule has 7 heteroatoms. The largest absolute Gasteiger partial charge is 0.352 e. The highest BCUT2D eigenvalue weighted by atomic mass is 16.2. The van der Waals surface area contributed by atoms with Crippen molar-refractivity contribution >= 4 is 5.91 Å². The second kappa shape index (κ2) is 8.65. The summed E-state index contributed by atoms with van der Waals surface area (Å²) in [6.45, 7) is 5.02. The molecule has 122 valence electrons. The van der Waals surface area contributed by atoms with Gasteiger partial charge in [-0.2, -0.15) is 0 Å². The number of hydrogen-bond donors (Lipinski definition) is 4. The van der Waals surface area contributed by atoms with Crippen molar-refractivity contribution in [1.82, 2.24) is 20.7 Å². The fourth-order valence-corrected chi connectivity index (χ4v) is 3.07. The van der Waals surface area contributed by atoms with E-state index in [9.17, 15) is 4.79 Å². The third-order valence-electron chi connectivity index (χ3n) is 4.56. The van der Waals surface area contributed by atoms with Gasteiger partial charge in [0, 0.05) is 32.2 Å². The molecule has 0 aromatic carbocycles. The number of nitrogens with one attached hydrogen (secondary N) is 2. The Labute approximate surface area is 127 Å². The van der Waals surface area contributed by atoms with Gasteiger partial charge in [-0.15, -0.1) is 0 Å². The highest BCUT2D eigenvalue weighted by Crippen LogP contribution is 2.17. The summed E-state index contributed by atoms with van der Waals surface area (Å²) >= 11 is 0. The maximum atomic E-state index is 11.8. The van der Waals surface area contributed by atoms with Crippen molar-refractivity contribution in [3.05, 3.63) is 0 Å². The smallest absolute Gasteiger partial charge is 0.234 e. The second-order valence-corrected chi connectivity index (χ2v) is 6.32. The van der Waals surface area contributed by atoms with Crippen LogP contribution in [0.2, 0.25) is 0 Å². The molecule has 2 aliphatic heterocycles. The van der Waals surface area contributed by atoms with Crippen molar-refractivity contribution in [2.24, 2.45) is 17.6 Å². The molecule has 0 spiro atoms. The Morgan fingerprint density at radius 1 is 1.00 bits per heavy atom. The zero-order valence-electron chi connectivity index (χ0n) is 12.9. The van der Waals surface area contributed by atoms with Crippen LogP contribution in [0.4, 0.5) is 0 Å². The van der Waals surface area contributed by atoms with E-state index < -0.39 is 0 Å². The minimum atomic E-state index is 0.0993. The molecule has 2 saturated heterocycles. The molecule has 21 heavy (non-hydrogen) atoms. The van der Waals surface area contributed by atoms with Crippen LogP contribution in [0.3, 0.4) is 0 Å². The van der Waals surface area contributed by atoms with E-state index in [1.165, 1.54) is 12.8 Å². The molecule has 0 atom stereocenters. The van der Waals surface area contributed by atoms with E-state index in [1.807, 2.05) is 10.0 Å². The zero-order chi connectivity index (χ0) is 15.1. The van der Waals surface area contributed by atoms with Gasteiger partial charge in [0.2, 0.25) is 5.91 Å². The lowest BCUT2D eigenvalue weighted by molar-refractivity contribution is -0.121. The third kappa shape index (κ3) is 6.27. The topological polar surface area (TPSA) is 99.6 Å². The molecule has 0 saturated carbocycles. The molecule has 0 aromatic heterocycles. The number of hydrogen-bond acceptors (Lipinski definition) is 6. The van der Waals surface area contributed by atoms with E-state index >= 15 is 0 Å². The van der Waals surface area contributed by atoms with Gasteiger partial charge >= 0.3 is 0 Å². The van der Waals surface area contributed by atoms with Gasteiger partial charge in [-0.25, -0.2) is 10.0 Å². The highest BCUT2D eigenvalue weighted by molar-refractivity contribution is 5.78. The molecule has 0 aromatic rings. The Morgan fingerprint density at radius 2 is 1.57 bits per heavy atom. The van der Waals surface area contributed by atoms with Crippen LogP contribution in [0, 0.1) is 5.92 Å². The molecule has 2 heterocycles. The lowest BCUT2D eigenvalue weighted by Crippen LogP contribution is -2.48. The van der Waals surface area contributed by atoms with Gasteiger partial charge in [0.1, 0.15) is 0 Å². The normalized spacial score (nSPS) is 23.3. The van der Waals surface area contributed by atoms with Crippen LogP contribution < -0.4 is 22.3 Å². The lowest BCUT2D eigenvalue weighted by Gasteiger charge is -2.29. The maximum absolute atomic E-state index is 11.8. The van der Waals surface area contributed by atoms with Gasteiger partial charge in [0.25, 0.3) is 0 Å². The fourth-order valence-electron chi connectivity index (χ4n) is 3.07. The predicted octanol–water partition coefficient (Wildman–Crippen LogP) is -0.994. The van der Waals surface area contributed by atoms with Crippen LogP contribution >= 0.6 is 0 Å². The zero-order valence-corrected chi connectivity index (χ0v) is 12.9. The predicted molar refractivity (Wildman–Crippen MR) is 82.9 cm³/mol. The summed E-state index contributed by atoms with van der Waals surface area (Å²) in [7, 11) is 0. The summed E-state index contributed by atoms with van der Waals surface area (Å²) < 4.78 is 0. The molecule has 7 nitrogen and oxygen atoms in total. The van der Waals surface area contributed by atoms with Crippen molar-refractivity contribution in [1.29, 1.82) is 0 Å². The molecule has 2 rings (SSSR count). The van der Waals surface area contributed by atoms with Crippen LogP contribution in [-0.4, -0.2) is 61.2 Å². The van der Waals surface area contributed by atoms with Gasteiger partial charge in [0.05, 0.1) is 6.54 Å². The van der Waals surface area contributed by atoms with Gasteiger partial charge in [0.15, 0.2) is 0 Å². The molecule has 1 amide bonds. The number of rotatable bonds is 6. The minimum Gasteiger partial charge on any atom is -0.352 e. The number of hydrazine groups is 2. The van der Waals surface area contributed by atoms with E-state index in [-0.39, 0.29) is 11.9 Å². The summed E-state index contributed by atoms with van der Waals surface area (Å²) in [5.74, 6) is 12.3. The number of nitrogens with zero attached hydrogens (tertiary/aromatic N) is 2. The Morgan fingerprint density at radius 3 is 2.19 bits per heavy atom. The van der Waals surface area contributed by atoms with Crippen LogP contribution in [0.1, 0.15) is 32.1 Å². The maximum Gasteiger partial charge on any atom is 0.234 e. The number of amides is 1. The summed E-state index contributed by atoms with van der Waals surface area (Å²) in [4.78, 5) is 11.8.